The van der Waals surface area contributed by atoms with E-state index in [4.69, 9.17) is 23.2 Å². The van der Waals surface area contributed by atoms with Gasteiger partial charge in [0.25, 0.3) is 0 Å². The summed E-state index contributed by atoms with van der Waals surface area (Å²) in [5, 5.41) is 0. The molecule has 1 saturated carbocycles. The van der Waals surface area contributed by atoms with E-state index in [-0.39, 0.29) is 5.82 Å². The molecule has 0 spiro atoms. The van der Waals surface area contributed by atoms with Gasteiger partial charge in [0.15, 0.2) is 0 Å². The second-order valence-corrected chi connectivity index (χ2v) is 5.92. The van der Waals surface area contributed by atoms with Crippen molar-refractivity contribution in [3.63, 3.8) is 0 Å². The average Bonchev–Trinajstić information content (AvgIpc) is 2.90. The Hall–Kier alpha value is -0.270. The molecule has 0 bridgehead atoms. The van der Waals surface area contributed by atoms with E-state index in [9.17, 15) is 4.39 Å². The molecule has 0 nitrogen and oxygen atoms in total. The van der Waals surface area contributed by atoms with E-state index in [2.05, 4.69) is 0 Å². The van der Waals surface area contributed by atoms with Crippen LogP contribution in [-0.2, 0) is 5.41 Å². The van der Waals surface area contributed by atoms with Crippen LogP contribution in [0.25, 0.3) is 0 Å². The van der Waals surface area contributed by atoms with Crippen molar-refractivity contribution >= 4 is 23.2 Å². The zero-order valence-electron chi connectivity index (χ0n) is 10.5. The highest BCUT2D eigenvalue weighted by Gasteiger charge is 2.36. The van der Waals surface area contributed by atoms with E-state index < -0.39 is 5.41 Å². The lowest BCUT2D eigenvalue weighted by molar-refractivity contribution is 0.361. The molecule has 0 aliphatic heterocycles. The van der Waals surface area contributed by atoms with Gasteiger partial charge in [0.1, 0.15) is 5.82 Å². The molecule has 1 aromatic rings. The van der Waals surface area contributed by atoms with Crippen LogP contribution in [0.5, 0.6) is 0 Å². The van der Waals surface area contributed by atoms with Crippen molar-refractivity contribution in [1.29, 1.82) is 0 Å². The summed E-state index contributed by atoms with van der Waals surface area (Å²) in [5.41, 5.74) is 0.269. The molecule has 0 amide bonds. The highest BCUT2D eigenvalue weighted by molar-refractivity contribution is 6.22. The lowest BCUT2D eigenvalue weighted by Gasteiger charge is -2.33. The molecular formula is C15H19Cl2F. The molecule has 3 heteroatoms. The molecule has 0 aromatic heterocycles. The zero-order valence-corrected chi connectivity index (χ0v) is 12.0. The highest BCUT2D eigenvalue weighted by Crippen LogP contribution is 2.40. The maximum Gasteiger partial charge on any atom is 0.127 e. The fraction of sp³-hybridized carbons (Fsp3) is 0.600. The van der Waals surface area contributed by atoms with Gasteiger partial charge in [-0.2, -0.15) is 0 Å². The Morgan fingerprint density at radius 2 is 1.72 bits per heavy atom. The summed E-state index contributed by atoms with van der Waals surface area (Å²) in [5.74, 6) is 1.22. The first kappa shape index (κ1) is 14.1. The minimum absolute atomic E-state index is 0.184. The van der Waals surface area contributed by atoms with Crippen LogP contribution in [0, 0.1) is 11.7 Å². The van der Waals surface area contributed by atoms with Gasteiger partial charge in [0.2, 0.25) is 0 Å². The monoisotopic (exact) mass is 288 g/mol. The topological polar surface area (TPSA) is 0 Å². The molecule has 0 radical (unpaired) electrons. The Bertz CT molecular complexity index is 382. The summed E-state index contributed by atoms with van der Waals surface area (Å²) in [6, 6.07) is 6.90. The maximum absolute atomic E-state index is 14.0. The number of rotatable bonds is 5. The van der Waals surface area contributed by atoms with E-state index in [1.165, 1.54) is 31.7 Å². The SMILES string of the molecule is Fc1ccccc1C(CCl)(CCl)CC1CCCC1. The predicted octanol–water partition coefficient (Wildman–Crippen LogP) is 5.12. The molecule has 0 atom stereocenters. The maximum atomic E-state index is 14.0. The van der Waals surface area contributed by atoms with Crippen LogP contribution in [0.15, 0.2) is 24.3 Å². The second kappa shape index (κ2) is 6.25. The summed E-state index contributed by atoms with van der Waals surface area (Å²) >= 11 is 12.3. The van der Waals surface area contributed by atoms with Gasteiger partial charge in [-0.05, 0) is 24.0 Å². The summed E-state index contributed by atoms with van der Waals surface area (Å²) < 4.78 is 14.0. The van der Waals surface area contributed by atoms with Crippen molar-refractivity contribution in [3.05, 3.63) is 35.6 Å². The van der Waals surface area contributed by atoms with Crippen molar-refractivity contribution in [2.24, 2.45) is 5.92 Å². The molecule has 1 aliphatic rings. The van der Waals surface area contributed by atoms with E-state index in [0.717, 1.165) is 6.42 Å². The standard InChI is InChI=1S/C15H19Cl2F/c16-10-15(11-17,9-12-5-1-2-6-12)13-7-3-4-8-14(13)18/h3-4,7-8,12H,1-2,5-6,9-11H2. The lowest BCUT2D eigenvalue weighted by atomic mass is 9.76. The minimum Gasteiger partial charge on any atom is -0.207 e. The van der Waals surface area contributed by atoms with E-state index >= 15 is 0 Å². The Morgan fingerprint density at radius 1 is 1.11 bits per heavy atom. The van der Waals surface area contributed by atoms with Crippen LogP contribution in [0.4, 0.5) is 4.39 Å². The van der Waals surface area contributed by atoms with Crippen LogP contribution in [0.3, 0.4) is 0 Å². The molecule has 0 unspecified atom stereocenters. The molecule has 1 aliphatic carbocycles. The van der Waals surface area contributed by atoms with Crippen molar-refractivity contribution in [2.45, 2.75) is 37.5 Å². The predicted molar refractivity (Wildman–Crippen MR) is 76.1 cm³/mol. The van der Waals surface area contributed by atoms with Crippen molar-refractivity contribution < 1.29 is 4.39 Å². The van der Waals surface area contributed by atoms with Crippen molar-refractivity contribution in [2.75, 3.05) is 11.8 Å². The number of alkyl halides is 2. The Kier molecular flexibility index (Phi) is 4.91. The molecular weight excluding hydrogens is 270 g/mol. The van der Waals surface area contributed by atoms with Crippen molar-refractivity contribution in [1.82, 2.24) is 0 Å². The lowest BCUT2D eigenvalue weighted by Crippen LogP contribution is -2.34. The Morgan fingerprint density at radius 3 is 2.28 bits per heavy atom. The molecule has 100 valence electrons. The third kappa shape index (κ3) is 2.83. The third-order valence-corrected chi connectivity index (χ3v) is 5.13. The van der Waals surface area contributed by atoms with Crippen LogP contribution < -0.4 is 0 Å². The van der Waals surface area contributed by atoms with Crippen LogP contribution >= 0.6 is 23.2 Å². The fourth-order valence-electron chi connectivity index (χ4n) is 3.06. The van der Waals surface area contributed by atoms with Gasteiger partial charge >= 0.3 is 0 Å². The zero-order chi connectivity index (χ0) is 13.0. The van der Waals surface area contributed by atoms with Gasteiger partial charge in [-0.3, -0.25) is 0 Å². The van der Waals surface area contributed by atoms with Crippen LogP contribution in [-0.4, -0.2) is 11.8 Å². The largest absolute Gasteiger partial charge is 0.207 e. The molecule has 1 aromatic carbocycles. The van der Waals surface area contributed by atoms with Gasteiger partial charge in [-0.15, -0.1) is 23.2 Å². The van der Waals surface area contributed by atoms with E-state index in [0.29, 0.717) is 23.2 Å². The molecule has 0 saturated heterocycles. The number of hydrogen-bond acceptors (Lipinski definition) is 0. The van der Waals surface area contributed by atoms with Gasteiger partial charge in [-0.1, -0.05) is 43.9 Å². The van der Waals surface area contributed by atoms with Gasteiger partial charge in [0.05, 0.1) is 0 Å². The van der Waals surface area contributed by atoms with E-state index in [1.807, 2.05) is 12.1 Å². The summed E-state index contributed by atoms with van der Waals surface area (Å²) in [4.78, 5) is 0. The molecule has 2 rings (SSSR count). The molecule has 18 heavy (non-hydrogen) atoms. The molecule has 0 heterocycles. The summed E-state index contributed by atoms with van der Waals surface area (Å²) in [7, 11) is 0. The number of benzene rings is 1. The highest BCUT2D eigenvalue weighted by atomic mass is 35.5. The van der Waals surface area contributed by atoms with Gasteiger partial charge in [-0.25, -0.2) is 4.39 Å². The first-order chi connectivity index (χ1) is 8.72. The van der Waals surface area contributed by atoms with Gasteiger partial charge < -0.3 is 0 Å². The average molecular weight is 289 g/mol. The fourth-order valence-corrected chi connectivity index (χ4v) is 3.85. The minimum atomic E-state index is -0.413. The molecule has 1 fully saturated rings. The first-order valence-corrected chi connectivity index (χ1v) is 7.66. The van der Waals surface area contributed by atoms with Gasteiger partial charge in [0, 0.05) is 17.2 Å². The van der Waals surface area contributed by atoms with E-state index in [1.54, 1.807) is 6.07 Å². The van der Waals surface area contributed by atoms with Crippen LogP contribution in [0.1, 0.15) is 37.7 Å². The number of halogens is 3. The smallest absolute Gasteiger partial charge is 0.127 e. The second-order valence-electron chi connectivity index (χ2n) is 5.38. The number of hydrogen-bond donors (Lipinski definition) is 0. The molecule has 0 N–H and O–H groups in total. The summed E-state index contributed by atoms with van der Waals surface area (Å²) in [6.07, 6.45) is 5.92. The van der Waals surface area contributed by atoms with Crippen molar-refractivity contribution in [3.8, 4) is 0 Å². The first-order valence-electron chi connectivity index (χ1n) is 6.59. The normalized spacial score (nSPS) is 17.3. The third-order valence-electron chi connectivity index (χ3n) is 4.11. The summed E-state index contributed by atoms with van der Waals surface area (Å²) in [6.45, 7) is 0. The Balaban J connectivity index is 2.27. The van der Waals surface area contributed by atoms with Crippen LogP contribution in [0.2, 0.25) is 0 Å². The quantitative estimate of drug-likeness (QED) is 0.660. The Labute approximate surface area is 118 Å².